The Balaban J connectivity index is 1.88. The smallest absolute Gasteiger partial charge is 0.323 e. The van der Waals surface area contributed by atoms with Crippen LogP contribution in [0.1, 0.15) is 38.3 Å². The first kappa shape index (κ1) is 17.0. The molecule has 130 valence electrons. The molecule has 0 aliphatic carbocycles. The highest BCUT2D eigenvalue weighted by Gasteiger charge is 2.36. The van der Waals surface area contributed by atoms with Crippen LogP contribution in [0.5, 0.6) is 0 Å². The van der Waals surface area contributed by atoms with Gasteiger partial charge in [0, 0.05) is 0 Å². The maximum absolute atomic E-state index is 13.0. The first-order chi connectivity index (χ1) is 12.1. The van der Waals surface area contributed by atoms with Crippen LogP contribution in [0.3, 0.4) is 0 Å². The lowest BCUT2D eigenvalue weighted by Crippen LogP contribution is -2.54. The number of amides is 3. The number of fused-ring (bicyclic) bond motifs is 1. The van der Waals surface area contributed by atoms with Crippen molar-refractivity contribution in [2.24, 2.45) is 0 Å². The zero-order valence-corrected chi connectivity index (χ0v) is 14.5. The minimum Gasteiger partial charge on any atom is -0.331 e. The molecule has 0 spiro atoms. The fourth-order valence-electron chi connectivity index (χ4n) is 3.15. The number of hydrogen-bond donors (Lipinski definition) is 2. The second-order valence-electron chi connectivity index (χ2n) is 6.26. The molecule has 2 aromatic rings. The van der Waals surface area contributed by atoms with Crippen LogP contribution in [-0.4, -0.2) is 18.0 Å². The summed E-state index contributed by atoms with van der Waals surface area (Å²) in [4.78, 5) is 27.1. The van der Waals surface area contributed by atoms with Gasteiger partial charge in [0.05, 0.1) is 17.4 Å². The number of rotatable bonds is 4. The molecule has 0 aromatic heterocycles. The lowest BCUT2D eigenvalue weighted by molar-refractivity contribution is -0.117. The fourth-order valence-corrected chi connectivity index (χ4v) is 3.15. The average molecular weight is 337 g/mol. The van der Waals surface area contributed by atoms with Gasteiger partial charge in [-0.25, -0.2) is 4.79 Å². The van der Waals surface area contributed by atoms with Crippen LogP contribution >= 0.6 is 0 Å². The van der Waals surface area contributed by atoms with Crippen LogP contribution in [0.4, 0.5) is 16.2 Å². The largest absolute Gasteiger partial charge is 0.331 e. The molecule has 1 heterocycles. The minimum absolute atomic E-state index is 0.136. The third-order valence-corrected chi connectivity index (χ3v) is 4.46. The van der Waals surface area contributed by atoms with Gasteiger partial charge in [0.15, 0.2) is 0 Å². The summed E-state index contributed by atoms with van der Waals surface area (Å²) >= 11 is 0. The molecule has 2 aromatic carbocycles. The SMILES string of the molecule is CCC[C@H]1C(=O)Nc2ccccc2N1C(=O)N[C@@H](C)c1ccccc1. The molecule has 2 atom stereocenters. The molecule has 0 fully saturated rings. The Labute approximate surface area is 148 Å². The fraction of sp³-hybridized carbons (Fsp3) is 0.300. The van der Waals surface area contributed by atoms with E-state index in [9.17, 15) is 9.59 Å². The van der Waals surface area contributed by atoms with E-state index < -0.39 is 6.04 Å². The second-order valence-corrected chi connectivity index (χ2v) is 6.26. The molecular formula is C20H23N3O2. The second kappa shape index (κ2) is 7.38. The van der Waals surface area contributed by atoms with Crippen molar-refractivity contribution in [1.82, 2.24) is 5.32 Å². The van der Waals surface area contributed by atoms with Crippen molar-refractivity contribution < 1.29 is 9.59 Å². The molecule has 5 heteroatoms. The summed E-state index contributed by atoms with van der Waals surface area (Å²) in [6.07, 6.45) is 1.44. The van der Waals surface area contributed by atoms with Crippen LogP contribution < -0.4 is 15.5 Å². The van der Waals surface area contributed by atoms with Gasteiger partial charge in [-0.05, 0) is 31.0 Å². The Morgan fingerprint density at radius 2 is 1.84 bits per heavy atom. The van der Waals surface area contributed by atoms with E-state index >= 15 is 0 Å². The van der Waals surface area contributed by atoms with Crippen LogP contribution in [0, 0.1) is 0 Å². The first-order valence-electron chi connectivity index (χ1n) is 8.66. The summed E-state index contributed by atoms with van der Waals surface area (Å²) in [6, 6.07) is 16.3. The number of nitrogens with one attached hydrogen (secondary N) is 2. The van der Waals surface area contributed by atoms with Crippen molar-refractivity contribution >= 4 is 23.3 Å². The third-order valence-electron chi connectivity index (χ3n) is 4.46. The number of carbonyl (C=O) groups is 2. The van der Waals surface area contributed by atoms with Gasteiger partial charge in [-0.2, -0.15) is 0 Å². The van der Waals surface area contributed by atoms with E-state index in [4.69, 9.17) is 0 Å². The van der Waals surface area contributed by atoms with Gasteiger partial charge in [-0.1, -0.05) is 55.8 Å². The van der Waals surface area contributed by atoms with Crippen molar-refractivity contribution in [3.05, 3.63) is 60.2 Å². The standard InChI is InChI=1S/C20H23N3O2/c1-3-9-18-19(24)22-16-12-7-8-13-17(16)23(18)20(25)21-14(2)15-10-5-4-6-11-15/h4-8,10-14,18H,3,9H2,1-2H3,(H,21,25)(H,22,24)/t14-,18-/m0/s1. The average Bonchev–Trinajstić information content (AvgIpc) is 2.63. The van der Waals surface area contributed by atoms with E-state index in [0.29, 0.717) is 12.1 Å². The maximum Gasteiger partial charge on any atom is 0.323 e. The van der Waals surface area contributed by atoms with Gasteiger partial charge in [0.2, 0.25) is 5.91 Å². The molecule has 1 aliphatic heterocycles. The Kier molecular flexibility index (Phi) is 5.03. The van der Waals surface area contributed by atoms with Crippen LogP contribution in [0.25, 0.3) is 0 Å². The van der Waals surface area contributed by atoms with Crippen LogP contribution in [0.15, 0.2) is 54.6 Å². The third kappa shape index (κ3) is 3.50. The molecule has 0 radical (unpaired) electrons. The van der Waals surface area contributed by atoms with Gasteiger partial charge in [0.25, 0.3) is 0 Å². The highest BCUT2D eigenvalue weighted by molar-refractivity contribution is 6.11. The molecule has 0 unspecified atom stereocenters. The first-order valence-corrected chi connectivity index (χ1v) is 8.66. The molecule has 1 aliphatic rings. The Morgan fingerprint density at radius 1 is 1.16 bits per heavy atom. The number of para-hydroxylation sites is 2. The predicted molar refractivity (Wildman–Crippen MR) is 99.6 cm³/mol. The Hall–Kier alpha value is -2.82. The predicted octanol–water partition coefficient (Wildman–Crippen LogP) is 4.08. The Bertz CT molecular complexity index is 761. The minimum atomic E-state index is -0.497. The van der Waals surface area contributed by atoms with Gasteiger partial charge in [-0.3, -0.25) is 9.69 Å². The normalized spacial score (nSPS) is 17.4. The summed E-state index contributed by atoms with van der Waals surface area (Å²) in [5.41, 5.74) is 2.43. The van der Waals surface area contributed by atoms with Crippen molar-refractivity contribution in [2.45, 2.75) is 38.8 Å². The van der Waals surface area contributed by atoms with Crippen LogP contribution in [0.2, 0.25) is 0 Å². The van der Waals surface area contributed by atoms with Gasteiger partial charge < -0.3 is 10.6 Å². The van der Waals surface area contributed by atoms with E-state index in [1.54, 1.807) is 4.90 Å². The number of hydrogen-bond acceptors (Lipinski definition) is 2. The summed E-state index contributed by atoms with van der Waals surface area (Å²) < 4.78 is 0. The number of benzene rings is 2. The van der Waals surface area contributed by atoms with E-state index in [1.807, 2.05) is 68.4 Å². The van der Waals surface area contributed by atoms with E-state index in [0.717, 1.165) is 17.7 Å². The van der Waals surface area contributed by atoms with Crippen molar-refractivity contribution in [2.75, 3.05) is 10.2 Å². The lowest BCUT2D eigenvalue weighted by atomic mass is 10.0. The topological polar surface area (TPSA) is 61.4 Å². The van der Waals surface area contributed by atoms with E-state index in [-0.39, 0.29) is 18.0 Å². The van der Waals surface area contributed by atoms with Crippen molar-refractivity contribution in [3.63, 3.8) is 0 Å². The quantitative estimate of drug-likeness (QED) is 0.883. The molecule has 5 nitrogen and oxygen atoms in total. The zero-order valence-electron chi connectivity index (χ0n) is 14.5. The van der Waals surface area contributed by atoms with E-state index in [2.05, 4.69) is 10.6 Å². The molecule has 3 amide bonds. The highest BCUT2D eigenvalue weighted by atomic mass is 16.2. The maximum atomic E-state index is 13.0. The number of carbonyl (C=O) groups excluding carboxylic acids is 2. The van der Waals surface area contributed by atoms with Gasteiger partial charge >= 0.3 is 6.03 Å². The summed E-state index contributed by atoms with van der Waals surface area (Å²) in [5.74, 6) is -0.136. The monoisotopic (exact) mass is 337 g/mol. The summed E-state index contributed by atoms with van der Waals surface area (Å²) in [5, 5.41) is 5.93. The number of urea groups is 1. The summed E-state index contributed by atoms with van der Waals surface area (Å²) in [6.45, 7) is 3.95. The molecule has 25 heavy (non-hydrogen) atoms. The van der Waals surface area contributed by atoms with Gasteiger partial charge in [0.1, 0.15) is 6.04 Å². The lowest BCUT2D eigenvalue weighted by Gasteiger charge is -2.37. The van der Waals surface area contributed by atoms with Crippen LogP contribution in [-0.2, 0) is 4.79 Å². The number of nitrogens with zero attached hydrogens (tertiary/aromatic N) is 1. The molecule has 2 N–H and O–H groups in total. The number of anilines is 2. The molecular weight excluding hydrogens is 314 g/mol. The molecule has 0 bridgehead atoms. The zero-order chi connectivity index (χ0) is 17.8. The summed E-state index contributed by atoms with van der Waals surface area (Å²) in [7, 11) is 0. The highest BCUT2D eigenvalue weighted by Crippen LogP contribution is 2.33. The molecule has 0 saturated carbocycles. The molecule has 3 rings (SSSR count). The van der Waals surface area contributed by atoms with E-state index in [1.165, 1.54) is 0 Å². The van der Waals surface area contributed by atoms with Crippen molar-refractivity contribution in [1.29, 1.82) is 0 Å². The molecule has 0 saturated heterocycles. The van der Waals surface area contributed by atoms with Gasteiger partial charge in [-0.15, -0.1) is 0 Å². The van der Waals surface area contributed by atoms with Crippen molar-refractivity contribution in [3.8, 4) is 0 Å². The Morgan fingerprint density at radius 3 is 2.56 bits per heavy atom.